The predicted octanol–water partition coefficient (Wildman–Crippen LogP) is 3.88. The first-order valence-corrected chi connectivity index (χ1v) is 8.40. The Bertz CT molecular complexity index is 655. The summed E-state index contributed by atoms with van der Waals surface area (Å²) in [5.41, 5.74) is 0.926. The first-order chi connectivity index (χ1) is 11.7. The van der Waals surface area contributed by atoms with Crippen molar-refractivity contribution in [1.82, 2.24) is 15.6 Å². The fourth-order valence-electron chi connectivity index (χ4n) is 2.03. The van der Waals surface area contributed by atoms with Gasteiger partial charge in [0, 0.05) is 12.7 Å². The number of ether oxygens (including phenoxy) is 1. The number of aliphatic imine (C=N–C) groups is 1. The maximum absolute atomic E-state index is 6.11. The predicted molar refractivity (Wildman–Crippen MR) is 114 cm³/mol. The number of benzene rings is 1. The van der Waals surface area contributed by atoms with Crippen LogP contribution in [0.25, 0.3) is 0 Å². The summed E-state index contributed by atoms with van der Waals surface area (Å²) in [7, 11) is 0. The molecule has 2 aromatic rings. The summed E-state index contributed by atoms with van der Waals surface area (Å²) in [4.78, 5) is 8.80. The van der Waals surface area contributed by atoms with Gasteiger partial charge >= 0.3 is 0 Å². The Balaban J connectivity index is 0.00000312. The standard InChI is InChI=1S/C18H23ClN4O.HI/c1-3-20-18(23-13-15-8-6-7-11-21-15)22-12-14(2)24-17-10-5-4-9-16(17)19;/h4-11,14H,3,12-13H2,1-2H3,(H2,20,22,23);1H. The van der Waals surface area contributed by atoms with E-state index in [-0.39, 0.29) is 30.1 Å². The molecule has 1 aromatic heterocycles. The molecule has 0 saturated carbocycles. The molecule has 2 N–H and O–H groups in total. The van der Waals surface area contributed by atoms with Crippen LogP contribution in [0.5, 0.6) is 5.75 Å². The lowest BCUT2D eigenvalue weighted by atomic mass is 10.3. The zero-order valence-electron chi connectivity index (χ0n) is 14.4. The van der Waals surface area contributed by atoms with Crippen molar-refractivity contribution in [2.75, 3.05) is 13.1 Å². The topological polar surface area (TPSA) is 58.5 Å². The van der Waals surface area contributed by atoms with Crippen molar-refractivity contribution in [3.63, 3.8) is 0 Å². The summed E-state index contributed by atoms with van der Waals surface area (Å²) < 4.78 is 5.85. The summed E-state index contributed by atoms with van der Waals surface area (Å²) in [6.45, 7) is 5.93. The van der Waals surface area contributed by atoms with Crippen LogP contribution in [0.2, 0.25) is 5.02 Å². The second-order valence-electron chi connectivity index (χ2n) is 5.26. The first-order valence-electron chi connectivity index (χ1n) is 8.02. The number of guanidine groups is 1. The van der Waals surface area contributed by atoms with Crippen LogP contribution in [0.3, 0.4) is 0 Å². The first kappa shape index (κ1) is 21.5. The van der Waals surface area contributed by atoms with Gasteiger partial charge in [0.05, 0.1) is 23.8 Å². The minimum Gasteiger partial charge on any atom is -0.487 e. The molecular formula is C18H24ClIN4O. The third kappa shape index (κ3) is 7.92. The quantitative estimate of drug-likeness (QED) is 0.363. The molecule has 0 radical (unpaired) electrons. The normalized spacial score (nSPS) is 12.0. The van der Waals surface area contributed by atoms with E-state index in [1.54, 1.807) is 6.20 Å². The number of aromatic nitrogens is 1. The van der Waals surface area contributed by atoms with Crippen LogP contribution in [-0.2, 0) is 6.54 Å². The van der Waals surface area contributed by atoms with Gasteiger partial charge < -0.3 is 15.4 Å². The van der Waals surface area contributed by atoms with E-state index in [0.717, 1.165) is 18.2 Å². The minimum absolute atomic E-state index is 0. The Labute approximate surface area is 171 Å². The molecular weight excluding hydrogens is 451 g/mol. The van der Waals surface area contributed by atoms with E-state index in [4.69, 9.17) is 16.3 Å². The summed E-state index contributed by atoms with van der Waals surface area (Å²) in [6, 6.07) is 13.3. The van der Waals surface area contributed by atoms with Crippen molar-refractivity contribution in [3.8, 4) is 5.75 Å². The van der Waals surface area contributed by atoms with E-state index in [9.17, 15) is 0 Å². The molecule has 7 heteroatoms. The molecule has 0 aliphatic rings. The summed E-state index contributed by atoms with van der Waals surface area (Å²) in [5, 5.41) is 7.10. The number of para-hydroxylation sites is 1. The smallest absolute Gasteiger partial charge is 0.191 e. The largest absolute Gasteiger partial charge is 0.487 e. The van der Waals surface area contributed by atoms with E-state index < -0.39 is 0 Å². The highest BCUT2D eigenvalue weighted by Gasteiger charge is 2.08. The molecule has 1 unspecified atom stereocenters. The molecule has 0 fully saturated rings. The van der Waals surface area contributed by atoms with Gasteiger partial charge in [-0.1, -0.05) is 29.8 Å². The van der Waals surface area contributed by atoms with E-state index in [1.807, 2.05) is 56.3 Å². The van der Waals surface area contributed by atoms with Gasteiger partial charge in [-0.3, -0.25) is 4.98 Å². The number of hydrogen-bond acceptors (Lipinski definition) is 3. The second kappa shape index (κ2) is 11.9. The number of halogens is 2. The lowest BCUT2D eigenvalue weighted by molar-refractivity contribution is 0.224. The van der Waals surface area contributed by atoms with Crippen LogP contribution in [0.1, 0.15) is 19.5 Å². The number of pyridine rings is 1. The van der Waals surface area contributed by atoms with Gasteiger partial charge in [-0.05, 0) is 38.1 Å². The number of nitrogens with one attached hydrogen (secondary N) is 2. The van der Waals surface area contributed by atoms with Gasteiger partial charge in [0.2, 0.25) is 0 Å². The van der Waals surface area contributed by atoms with Crippen molar-refractivity contribution in [1.29, 1.82) is 0 Å². The number of nitrogens with zero attached hydrogens (tertiary/aromatic N) is 2. The molecule has 0 saturated heterocycles. The zero-order chi connectivity index (χ0) is 17.2. The van der Waals surface area contributed by atoms with E-state index >= 15 is 0 Å². The van der Waals surface area contributed by atoms with Crippen LogP contribution in [0, 0.1) is 0 Å². The van der Waals surface area contributed by atoms with Crippen molar-refractivity contribution in [2.24, 2.45) is 4.99 Å². The van der Waals surface area contributed by atoms with E-state index in [0.29, 0.717) is 23.9 Å². The third-order valence-electron chi connectivity index (χ3n) is 3.19. The van der Waals surface area contributed by atoms with Crippen LogP contribution < -0.4 is 15.4 Å². The lowest BCUT2D eigenvalue weighted by Gasteiger charge is -2.18. The molecule has 0 aliphatic heterocycles. The number of rotatable bonds is 7. The van der Waals surface area contributed by atoms with Crippen molar-refractivity contribution >= 4 is 41.5 Å². The second-order valence-corrected chi connectivity index (χ2v) is 5.66. The minimum atomic E-state index is -0.0522. The third-order valence-corrected chi connectivity index (χ3v) is 3.50. The highest BCUT2D eigenvalue weighted by Crippen LogP contribution is 2.23. The van der Waals surface area contributed by atoms with Crippen LogP contribution in [0.4, 0.5) is 0 Å². The zero-order valence-corrected chi connectivity index (χ0v) is 17.5. The van der Waals surface area contributed by atoms with E-state index in [2.05, 4.69) is 20.6 Å². The molecule has 1 atom stereocenters. The highest BCUT2D eigenvalue weighted by molar-refractivity contribution is 14.0. The molecule has 25 heavy (non-hydrogen) atoms. The molecule has 0 aliphatic carbocycles. The van der Waals surface area contributed by atoms with Crippen LogP contribution >= 0.6 is 35.6 Å². The van der Waals surface area contributed by atoms with Gasteiger partial charge in [0.1, 0.15) is 11.9 Å². The Hall–Kier alpha value is -1.54. The Morgan fingerprint density at radius 1 is 1.20 bits per heavy atom. The van der Waals surface area contributed by atoms with Gasteiger partial charge in [-0.25, -0.2) is 4.99 Å². The molecule has 0 spiro atoms. The van der Waals surface area contributed by atoms with E-state index in [1.165, 1.54) is 0 Å². The molecule has 1 heterocycles. The van der Waals surface area contributed by atoms with Crippen molar-refractivity contribution in [3.05, 3.63) is 59.4 Å². The van der Waals surface area contributed by atoms with Gasteiger partial charge in [-0.15, -0.1) is 24.0 Å². The fourth-order valence-corrected chi connectivity index (χ4v) is 2.21. The molecule has 136 valence electrons. The monoisotopic (exact) mass is 474 g/mol. The average Bonchev–Trinajstić information content (AvgIpc) is 2.60. The van der Waals surface area contributed by atoms with Crippen molar-refractivity contribution < 1.29 is 4.74 Å². The lowest BCUT2D eigenvalue weighted by Crippen LogP contribution is -2.41. The molecule has 0 bridgehead atoms. The number of hydrogen-bond donors (Lipinski definition) is 2. The summed E-state index contributed by atoms with van der Waals surface area (Å²) in [6.07, 6.45) is 1.72. The maximum atomic E-state index is 6.11. The Morgan fingerprint density at radius 2 is 1.96 bits per heavy atom. The Kier molecular flexibility index (Phi) is 10.3. The molecule has 2 rings (SSSR count). The van der Waals surface area contributed by atoms with Crippen LogP contribution in [0.15, 0.2) is 53.7 Å². The maximum Gasteiger partial charge on any atom is 0.191 e. The molecule has 0 amide bonds. The van der Waals surface area contributed by atoms with Crippen molar-refractivity contribution in [2.45, 2.75) is 26.5 Å². The molecule has 1 aromatic carbocycles. The SMILES string of the molecule is CCNC(=NCc1ccccn1)NCC(C)Oc1ccccc1Cl.I. The van der Waals surface area contributed by atoms with Gasteiger partial charge in [0.25, 0.3) is 0 Å². The van der Waals surface area contributed by atoms with Gasteiger partial charge in [0.15, 0.2) is 5.96 Å². The fraction of sp³-hybridized carbons (Fsp3) is 0.333. The summed E-state index contributed by atoms with van der Waals surface area (Å²) in [5.74, 6) is 1.42. The average molecular weight is 475 g/mol. The Morgan fingerprint density at radius 3 is 2.64 bits per heavy atom. The van der Waals surface area contributed by atoms with Crippen LogP contribution in [-0.4, -0.2) is 30.1 Å². The highest BCUT2D eigenvalue weighted by atomic mass is 127. The molecule has 5 nitrogen and oxygen atoms in total. The van der Waals surface area contributed by atoms with Gasteiger partial charge in [-0.2, -0.15) is 0 Å². The summed E-state index contributed by atoms with van der Waals surface area (Å²) >= 11 is 6.11.